The maximum atomic E-state index is 11.4. The number of nitrogens with zero attached hydrogens (tertiary/aromatic N) is 4. The Hall–Kier alpha value is -2.12. The van der Waals surface area contributed by atoms with Gasteiger partial charge in [-0.25, -0.2) is 0 Å². The number of aromatic nitrogens is 3. The van der Waals surface area contributed by atoms with Crippen molar-refractivity contribution in [3.63, 3.8) is 0 Å². The molecular formula is C12H21N7O. The minimum absolute atomic E-state index is 0.106. The lowest BCUT2D eigenvalue weighted by Gasteiger charge is -2.26. The van der Waals surface area contributed by atoms with E-state index in [0.29, 0.717) is 18.4 Å². The molecule has 1 saturated heterocycles. The van der Waals surface area contributed by atoms with Crippen molar-refractivity contribution in [2.75, 3.05) is 42.1 Å². The molecule has 2 rings (SSSR count). The second-order valence-electron chi connectivity index (χ2n) is 4.67. The quantitative estimate of drug-likeness (QED) is 0.695. The molecule has 0 saturated carbocycles. The molecular weight excluding hydrogens is 258 g/mol. The van der Waals surface area contributed by atoms with Gasteiger partial charge in [-0.1, -0.05) is 0 Å². The molecule has 0 atom stereocenters. The van der Waals surface area contributed by atoms with Gasteiger partial charge in [-0.05, 0) is 26.2 Å². The zero-order chi connectivity index (χ0) is 14.4. The van der Waals surface area contributed by atoms with Crippen molar-refractivity contribution < 1.29 is 4.79 Å². The second kappa shape index (κ2) is 6.88. The normalized spacial score (nSPS) is 14.9. The highest BCUT2D eigenvalue weighted by Gasteiger charge is 2.15. The molecule has 8 heteroatoms. The minimum Gasteiger partial charge on any atom is -0.368 e. The standard InChI is InChI=1S/C12H21N7O/c1-2-14-9(20)8-15-11-16-10(13)17-12(18-11)19-6-4-3-5-7-19/h2-8H2,1H3,(H,14,20)(H3,13,15,16,17,18). The van der Waals surface area contributed by atoms with E-state index in [2.05, 4.69) is 30.5 Å². The Balaban J connectivity index is 2.02. The van der Waals surface area contributed by atoms with E-state index in [0.717, 1.165) is 25.9 Å². The minimum atomic E-state index is -0.106. The Labute approximate surface area is 118 Å². The second-order valence-corrected chi connectivity index (χ2v) is 4.67. The predicted octanol–water partition coefficient (Wildman–Crippen LogP) is -0.00790. The summed E-state index contributed by atoms with van der Waals surface area (Å²) in [5.74, 6) is 0.977. The van der Waals surface area contributed by atoms with E-state index in [1.807, 2.05) is 6.92 Å². The van der Waals surface area contributed by atoms with E-state index in [1.165, 1.54) is 6.42 Å². The van der Waals surface area contributed by atoms with Crippen LogP contribution >= 0.6 is 0 Å². The van der Waals surface area contributed by atoms with Crippen LogP contribution in [-0.2, 0) is 4.79 Å². The lowest BCUT2D eigenvalue weighted by Crippen LogP contribution is -2.32. The van der Waals surface area contributed by atoms with Gasteiger partial charge in [-0.3, -0.25) is 4.79 Å². The van der Waals surface area contributed by atoms with E-state index in [4.69, 9.17) is 5.73 Å². The molecule has 2 heterocycles. The molecule has 20 heavy (non-hydrogen) atoms. The average Bonchev–Trinajstić information content (AvgIpc) is 2.46. The molecule has 1 fully saturated rings. The fourth-order valence-corrected chi connectivity index (χ4v) is 2.11. The smallest absolute Gasteiger partial charge is 0.239 e. The summed E-state index contributed by atoms with van der Waals surface area (Å²) in [5, 5.41) is 5.56. The van der Waals surface area contributed by atoms with Crippen LogP contribution in [-0.4, -0.2) is 47.0 Å². The van der Waals surface area contributed by atoms with Crippen molar-refractivity contribution in [1.29, 1.82) is 0 Å². The molecule has 1 amide bonds. The van der Waals surface area contributed by atoms with Gasteiger partial charge in [-0.15, -0.1) is 0 Å². The Kier molecular flexibility index (Phi) is 4.91. The van der Waals surface area contributed by atoms with E-state index >= 15 is 0 Å². The topological polar surface area (TPSA) is 109 Å². The van der Waals surface area contributed by atoms with Crippen molar-refractivity contribution in [2.24, 2.45) is 0 Å². The Morgan fingerprint density at radius 2 is 2.00 bits per heavy atom. The lowest BCUT2D eigenvalue weighted by atomic mass is 10.1. The maximum Gasteiger partial charge on any atom is 0.239 e. The number of rotatable bonds is 5. The molecule has 0 aliphatic carbocycles. The monoisotopic (exact) mass is 279 g/mol. The van der Waals surface area contributed by atoms with E-state index in [1.54, 1.807) is 0 Å². The van der Waals surface area contributed by atoms with Crippen LogP contribution in [0.1, 0.15) is 26.2 Å². The Bertz CT molecular complexity index is 459. The third-order valence-corrected chi connectivity index (χ3v) is 3.06. The van der Waals surface area contributed by atoms with Gasteiger partial charge in [0.2, 0.25) is 23.8 Å². The predicted molar refractivity (Wildman–Crippen MR) is 77.5 cm³/mol. The summed E-state index contributed by atoms with van der Waals surface area (Å²) in [6.45, 7) is 4.45. The van der Waals surface area contributed by atoms with Gasteiger partial charge in [0.05, 0.1) is 6.54 Å². The van der Waals surface area contributed by atoms with Crippen molar-refractivity contribution in [2.45, 2.75) is 26.2 Å². The van der Waals surface area contributed by atoms with Crippen LogP contribution in [0.4, 0.5) is 17.8 Å². The number of carbonyl (C=O) groups excluding carboxylic acids is 1. The summed E-state index contributed by atoms with van der Waals surface area (Å²) in [7, 11) is 0. The van der Waals surface area contributed by atoms with Crippen molar-refractivity contribution in [3.05, 3.63) is 0 Å². The Morgan fingerprint density at radius 1 is 1.25 bits per heavy atom. The van der Waals surface area contributed by atoms with Gasteiger partial charge in [0, 0.05) is 19.6 Å². The third kappa shape index (κ3) is 3.94. The zero-order valence-corrected chi connectivity index (χ0v) is 11.7. The molecule has 0 radical (unpaired) electrons. The van der Waals surface area contributed by atoms with Crippen LogP contribution in [0.3, 0.4) is 0 Å². The Morgan fingerprint density at radius 3 is 2.70 bits per heavy atom. The van der Waals surface area contributed by atoms with Crippen molar-refractivity contribution >= 4 is 23.8 Å². The summed E-state index contributed by atoms with van der Waals surface area (Å²) < 4.78 is 0. The number of amides is 1. The molecule has 4 N–H and O–H groups in total. The van der Waals surface area contributed by atoms with E-state index in [9.17, 15) is 4.79 Å². The van der Waals surface area contributed by atoms with E-state index < -0.39 is 0 Å². The molecule has 1 aromatic heterocycles. The van der Waals surface area contributed by atoms with Crippen LogP contribution in [0, 0.1) is 0 Å². The summed E-state index contributed by atoms with van der Waals surface area (Å²) in [6.07, 6.45) is 3.50. The van der Waals surface area contributed by atoms with Crippen LogP contribution in [0.2, 0.25) is 0 Å². The van der Waals surface area contributed by atoms with Crippen LogP contribution in [0.15, 0.2) is 0 Å². The van der Waals surface area contributed by atoms with Crippen LogP contribution < -0.4 is 21.3 Å². The third-order valence-electron chi connectivity index (χ3n) is 3.06. The lowest BCUT2D eigenvalue weighted by molar-refractivity contribution is -0.119. The van der Waals surface area contributed by atoms with E-state index in [-0.39, 0.29) is 18.4 Å². The van der Waals surface area contributed by atoms with Crippen molar-refractivity contribution in [3.8, 4) is 0 Å². The first-order valence-corrected chi connectivity index (χ1v) is 6.96. The fraction of sp³-hybridized carbons (Fsp3) is 0.667. The van der Waals surface area contributed by atoms with Crippen LogP contribution in [0.5, 0.6) is 0 Å². The fourth-order valence-electron chi connectivity index (χ4n) is 2.11. The maximum absolute atomic E-state index is 11.4. The number of hydrogen-bond acceptors (Lipinski definition) is 7. The number of nitrogens with one attached hydrogen (secondary N) is 2. The first-order valence-electron chi connectivity index (χ1n) is 6.96. The number of carbonyl (C=O) groups is 1. The summed E-state index contributed by atoms with van der Waals surface area (Å²) >= 11 is 0. The van der Waals surface area contributed by atoms with Gasteiger partial charge in [0.25, 0.3) is 0 Å². The SMILES string of the molecule is CCNC(=O)CNc1nc(N)nc(N2CCCCC2)n1. The molecule has 8 nitrogen and oxygen atoms in total. The molecule has 110 valence electrons. The number of nitrogen functional groups attached to an aromatic ring is 1. The summed E-state index contributed by atoms with van der Waals surface area (Å²) in [6, 6.07) is 0. The number of hydrogen-bond donors (Lipinski definition) is 3. The van der Waals surface area contributed by atoms with Gasteiger partial charge in [0.1, 0.15) is 0 Å². The largest absolute Gasteiger partial charge is 0.368 e. The molecule has 0 unspecified atom stereocenters. The van der Waals surface area contributed by atoms with Gasteiger partial charge in [0.15, 0.2) is 0 Å². The zero-order valence-electron chi connectivity index (χ0n) is 11.7. The van der Waals surface area contributed by atoms with Gasteiger partial charge in [-0.2, -0.15) is 15.0 Å². The molecule has 0 aromatic carbocycles. The summed E-state index contributed by atoms with van der Waals surface area (Å²) in [5.41, 5.74) is 5.70. The molecule has 1 aliphatic heterocycles. The molecule has 1 aliphatic rings. The first kappa shape index (κ1) is 14.3. The number of piperidine rings is 1. The highest BCUT2D eigenvalue weighted by atomic mass is 16.1. The number of nitrogens with two attached hydrogens (primary N) is 1. The summed E-state index contributed by atoms with van der Waals surface area (Å²) in [4.78, 5) is 26.0. The number of likely N-dealkylation sites (N-methyl/N-ethyl adjacent to an activating group) is 1. The molecule has 1 aromatic rings. The van der Waals surface area contributed by atoms with Crippen molar-refractivity contribution in [1.82, 2.24) is 20.3 Å². The highest BCUT2D eigenvalue weighted by molar-refractivity contribution is 5.80. The number of anilines is 3. The van der Waals surface area contributed by atoms with Gasteiger partial charge >= 0.3 is 0 Å². The molecule has 0 bridgehead atoms. The average molecular weight is 279 g/mol. The van der Waals surface area contributed by atoms with Gasteiger partial charge < -0.3 is 21.3 Å². The molecule has 0 spiro atoms. The van der Waals surface area contributed by atoms with Crippen LogP contribution in [0.25, 0.3) is 0 Å². The first-order chi connectivity index (χ1) is 9.69. The highest BCUT2D eigenvalue weighted by Crippen LogP contribution is 2.17.